The van der Waals surface area contributed by atoms with Crippen LogP contribution >= 0.6 is 0 Å². The summed E-state index contributed by atoms with van der Waals surface area (Å²) < 4.78 is 0. The van der Waals surface area contributed by atoms with Crippen LogP contribution in [0, 0.1) is 5.92 Å². The van der Waals surface area contributed by atoms with Gasteiger partial charge in [-0.05, 0) is 12.3 Å². The summed E-state index contributed by atoms with van der Waals surface area (Å²) in [4.78, 5) is 23.6. The fourth-order valence-electron chi connectivity index (χ4n) is 2.05. The molecule has 80 valence electrons. The molecule has 0 aromatic carbocycles. The van der Waals surface area contributed by atoms with Gasteiger partial charge in [0, 0.05) is 20.5 Å². The number of carbonyl (C=O) groups excluding carboxylic acids is 2. The molecular formula is C11H19NO2. The molecule has 0 N–H and O–H groups in total. The lowest BCUT2D eigenvalue weighted by atomic mass is 10.0. The molecule has 1 aliphatic carbocycles. The van der Waals surface area contributed by atoms with E-state index in [1.807, 2.05) is 0 Å². The smallest absolute Gasteiger partial charge is 0.289 e. The lowest BCUT2D eigenvalue weighted by Gasteiger charge is -2.17. The summed E-state index contributed by atoms with van der Waals surface area (Å²) in [6.45, 7) is 2.05. The Morgan fingerprint density at radius 3 is 2.36 bits per heavy atom. The topological polar surface area (TPSA) is 37.4 Å². The van der Waals surface area contributed by atoms with Gasteiger partial charge in [-0.1, -0.05) is 25.7 Å². The van der Waals surface area contributed by atoms with E-state index in [1.165, 1.54) is 32.6 Å². The minimum atomic E-state index is -0.362. The lowest BCUT2D eigenvalue weighted by molar-refractivity contribution is -0.142. The number of hydrogen-bond donors (Lipinski definition) is 0. The number of nitrogens with zero attached hydrogens (tertiary/aromatic N) is 1. The highest BCUT2D eigenvalue weighted by atomic mass is 16.2. The highest BCUT2D eigenvalue weighted by Gasteiger charge is 2.18. The minimum absolute atomic E-state index is 0.358. The molecule has 0 heterocycles. The molecule has 0 radical (unpaired) electrons. The van der Waals surface area contributed by atoms with Crippen molar-refractivity contribution in [3.8, 4) is 0 Å². The molecule has 1 rings (SSSR count). The van der Waals surface area contributed by atoms with Crippen molar-refractivity contribution in [3.63, 3.8) is 0 Å². The quantitative estimate of drug-likeness (QED) is 0.642. The second-order valence-electron chi connectivity index (χ2n) is 4.22. The maximum Gasteiger partial charge on any atom is 0.289 e. The second kappa shape index (κ2) is 5.13. The van der Waals surface area contributed by atoms with Gasteiger partial charge in [0.2, 0.25) is 5.78 Å². The molecule has 0 bridgehead atoms. The number of hydrogen-bond acceptors (Lipinski definition) is 2. The summed E-state index contributed by atoms with van der Waals surface area (Å²) in [6.07, 6.45) is 6.30. The van der Waals surface area contributed by atoms with Crippen LogP contribution in [-0.4, -0.2) is 30.2 Å². The van der Waals surface area contributed by atoms with Gasteiger partial charge in [0.1, 0.15) is 0 Å². The van der Waals surface area contributed by atoms with Gasteiger partial charge >= 0.3 is 0 Å². The van der Waals surface area contributed by atoms with Gasteiger partial charge in [-0.2, -0.15) is 0 Å². The van der Waals surface area contributed by atoms with Crippen LogP contribution < -0.4 is 0 Å². The monoisotopic (exact) mass is 197 g/mol. The van der Waals surface area contributed by atoms with Gasteiger partial charge < -0.3 is 4.90 Å². The van der Waals surface area contributed by atoms with Crippen molar-refractivity contribution in [3.05, 3.63) is 0 Å². The first-order valence-corrected chi connectivity index (χ1v) is 5.37. The van der Waals surface area contributed by atoms with Crippen LogP contribution in [0.1, 0.15) is 39.0 Å². The van der Waals surface area contributed by atoms with Crippen LogP contribution in [0.3, 0.4) is 0 Å². The molecule has 0 aromatic rings. The first-order valence-electron chi connectivity index (χ1n) is 5.37. The van der Waals surface area contributed by atoms with Gasteiger partial charge in [-0.25, -0.2) is 0 Å². The zero-order valence-electron chi connectivity index (χ0n) is 9.08. The summed E-state index contributed by atoms with van der Waals surface area (Å²) in [5.41, 5.74) is 0. The molecule has 1 aliphatic rings. The largest absolute Gasteiger partial charge is 0.339 e. The Morgan fingerprint density at radius 1 is 1.29 bits per heavy atom. The predicted molar refractivity (Wildman–Crippen MR) is 54.9 cm³/mol. The van der Waals surface area contributed by atoms with E-state index in [9.17, 15) is 9.59 Å². The van der Waals surface area contributed by atoms with Crippen LogP contribution in [0.2, 0.25) is 0 Å². The van der Waals surface area contributed by atoms with Crippen molar-refractivity contribution in [2.45, 2.75) is 39.0 Å². The Hall–Kier alpha value is -0.860. The summed E-state index contributed by atoms with van der Waals surface area (Å²) >= 11 is 0. The predicted octanol–water partition coefficient (Wildman–Crippen LogP) is 1.61. The molecule has 1 saturated carbocycles. The fraction of sp³-hybridized carbons (Fsp3) is 0.818. The van der Waals surface area contributed by atoms with Crippen molar-refractivity contribution in [2.24, 2.45) is 5.92 Å². The fourth-order valence-corrected chi connectivity index (χ4v) is 2.05. The Kier molecular flexibility index (Phi) is 4.11. The zero-order chi connectivity index (χ0) is 10.6. The number of likely N-dealkylation sites (N-methyl/N-ethyl adjacent to an activating group) is 1. The average molecular weight is 197 g/mol. The molecule has 1 amide bonds. The zero-order valence-corrected chi connectivity index (χ0v) is 9.08. The number of amides is 1. The van der Waals surface area contributed by atoms with Gasteiger partial charge in [-0.3, -0.25) is 9.59 Å². The molecular weight excluding hydrogens is 178 g/mol. The van der Waals surface area contributed by atoms with Crippen LogP contribution in [-0.2, 0) is 9.59 Å². The molecule has 0 atom stereocenters. The average Bonchev–Trinajstić information content (AvgIpc) is 2.65. The first-order chi connectivity index (χ1) is 6.61. The third-order valence-electron chi connectivity index (χ3n) is 3.00. The van der Waals surface area contributed by atoms with E-state index in [2.05, 4.69) is 0 Å². The number of carbonyl (C=O) groups is 2. The van der Waals surface area contributed by atoms with Crippen LogP contribution in [0.15, 0.2) is 0 Å². The van der Waals surface area contributed by atoms with Crippen molar-refractivity contribution in [1.29, 1.82) is 0 Å². The summed E-state index contributed by atoms with van der Waals surface area (Å²) in [5, 5.41) is 0. The maximum absolute atomic E-state index is 11.2. The number of Topliss-reactive ketones (excluding diaryl/α,β-unsaturated/α-hetero) is 1. The van der Waals surface area contributed by atoms with E-state index in [-0.39, 0.29) is 11.7 Å². The summed E-state index contributed by atoms with van der Waals surface area (Å²) in [7, 11) is 1.71. The van der Waals surface area contributed by atoms with Crippen molar-refractivity contribution in [1.82, 2.24) is 4.90 Å². The highest BCUT2D eigenvalue weighted by molar-refractivity contribution is 6.34. The van der Waals surface area contributed by atoms with E-state index in [0.29, 0.717) is 0 Å². The number of ketones is 1. The van der Waals surface area contributed by atoms with Gasteiger partial charge in [0.15, 0.2) is 0 Å². The summed E-state index contributed by atoms with van der Waals surface area (Å²) in [6, 6.07) is 0. The van der Waals surface area contributed by atoms with E-state index >= 15 is 0 Å². The van der Waals surface area contributed by atoms with Crippen molar-refractivity contribution >= 4 is 11.7 Å². The number of rotatable bonds is 4. The molecule has 0 aliphatic heterocycles. The Balaban J connectivity index is 2.23. The minimum Gasteiger partial charge on any atom is -0.339 e. The molecule has 0 spiro atoms. The Bertz CT molecular complexity index is 219. The molecule has 3 heteroatoms. The first kappa shape index (κ1) is 11.2. The molecule has 0 aromatic heterocycles. The van der Waals surface area contributed by atoms with Crippen molar-refractivity contribution < 1.29 is 9.59 Å². The van der Waals surface area contributed by atoms with E-state index in [1.54, 1.807) is 11.9 Å². The van der Waals surface area contributed by atoms with Crippen molar-refractivity contribution in [2.75, 3.05) is 13.6 Å². The Morgan fingerprint density at radius 2 is 1.86 bits per heavy atom. The highest BCUT2D eigenvalue weighted by Crippen LogP contribution is 2.27. The molecule has 3 nitrogen and oxygen atoms in total. The maximum atomic E-state index is 11.2. The second-order valence-corrected chi connectivity index (χ2v) is 4.22. The third-order valence-corrected chi connectivity index (χ3v) is 3.00. The molecule has 14 heavy (non-hydrogen) atoms. The van der Waals surface area contributed by atoms with E-state index in [4.69, 9.17) is 0 Å². The van der Waals surface area contributed by atoms with Crippen LogP contribution in [0.5, 0.6) is 0 Å². The molecule has 0 unspecified atom stereocenters. The lowest BCUT2D eigenvalue weighted by Crippen LogP contribution is -2.33. The van der Waals surface area contributed by atoms with E-state index in [0.717, 1.165) is 18.9 Å². The van der Waals surface area contributed by atoms with Gasteiger partial charge in [-0.15, -0.1) is 0 Å². The Labute approximate surface area is 85.5 Å². The SMILES string of the molecule is CC(=O)C(=O)N(C)CCC1CCCC1. The normalized spacial score (nSPS) is 17.0. The molecule has 0 saturated heterocycles. The standard InChI is InChI=1S/C11H19NO2/c1-9(13)11(14)12(2)8-7-10-5-3-4-6-10/h10H,3-8H2,1-2H3. The summed E-state index contributed by atoms with van der Waals surface area (Å²) in [5.74, 6) is 0.0547. The van der Waals surface area contributed by atoms with Crippen LogP contribution in [0.4, 0.5) is 0 Å². The molecule has 1 fully saturated rings. The van der Waals surface area contributed by atoms with E-state index < -0.39 is 0 Å². The third kappa shape index (κ3) is 3.13. The van der Waals surface area contributed by atoms with Gasteiger partial charge in [0.25, 0.3) is 5.91 Å². The van der Waals surface area contributed by atoms with Crippen LogP contribution in [0.25, 0.3) is 0 Å². The van der Waals surface area contributed by atoms with Gasteiger partial charge in [0.05, 0.1) is 0 Å².